The van der Waals surface area contributed by atoms with Gasteiger partial charge in [0.05, 0.1) is 12.7 Å². The van der Waals surface area contributed by atoms with Gasteiger partial charge in [-0.15, -0.1) is 5.10 Å². The number of nitrogens with one attached hydrogen (secondary N) is 1. The van der Waals surface area contributed by atoms with Crippen molar-refractivity contribution in [1.82, 2.24) is 14.8 Å². The van der Waals surface area contributed by atoms with Gasteiger partial charge in [0.2, 0.25) is 11.1 Å². The number of anilines is 1. The Morgan fingerprint density at radius 3 is 2.85 bits per heavy atom. The van der Waals surface area contributed by atoms with Gasteiger partial charge in [-0.25, -0.2) is 9.48 Å². The van der Waals surface area contributed by atoms with E-state index < -0.39 is 12.0 Å². The van der Waals surface area contributed by atoms with Gasteiger partial charge in [0.15, 0.2) is 11.5 Å². The van der Waals surface area contributed by atoms with Gasteiger partial charge in [0.1, 0.15) is 19.3 Å². The minimum atomic E-state index is -0.470. The molecule has 1 N–H and O–H groups in total. The highest BCUT2D eigenvalue weighted by molar-refractivity contribution is 7.98. The minimum absolute atomic E-state index is 0.415. The van der Waals surface area contributed by atoms with Crippen LogP contribution in [0.3, 0.4) is 0 Å². The zero-order valence-electron chi connectivity index (χ0n) is 14.6. The van der Waals surface area contributed by atoms with E-state index in [0.29, 0.717) is 47.1 Å². The number of hydrogen-bond acceptors (Lipinski definition) is 8. The van der Waals surface area contributed by atoms with E-state index in [4.69, 9.17) is 14.2 Å². The standard InChI is InChI=1S/C17H18N4O4S/c1-9-13(15(22)23-2)14(21-16(18-9)19-17(20-21)26-3)10-4-5-11-12(8-10)25-7-6-24-11/h4-5,8,14H,6-7H2,1-3H3,(H,18,19,20). The number of methoxy groups -OCH3 is 1. The van der Waals surface area contributed by atoms with Crippen molar-refractivity contribution in [2.45, 2.75) is 18.1 Å². The molecule has 8 nitrogen and oxygen atoms in total. The Morgan fingerprint density at radius 1 is 1.35 bits per heavy atom. The van der Waals surface area contributed by atoms with Gasteiger partial charge in [-0.1, -0.05) is 17.8 Å². The van der Waals surface area contributed by atoms with Crippen LogP contribution in [0.5, 0.6) is 11.5 Å². The first kappa shape index (κ1) is 16.8. The fourth-order valence-corrected chi connectivity index (χ4v) is 3.48. The third kappa shape index (κ3) is 2.68. The molecule has 0 aliphatic carbocycles. The number of benzene rings is 1. The summed E-state index contributed by atoms with van der Waals surface area (Å²) in [5.74, 6) is 1.51. The molecule has 1 aromatic carbocycles. The lowest BCUT2D eigenvalue weighted by Gasteiger charge is -2.28. The van der Waals surface area contributed by atoms with E-state index in [2.05, 4.69) is 15.4 Å². The van der Waals surface area contributed by atoms with E-state index in [-0.39, 0.29) is 0 Å². The summed E-state index contributed by atoms with van der Waals surface area (Å²) in [6.07, 6.45) is 1.90. The molecule has 0 radical (unpaired) electrons. The Morgan fingerprint density at radius 2 is 2.12 bits per heavy atom. The number of ether oxygens (including phenoxy) is 3. The average molecular weight is 374 g/mol. The van der Waals surface area contributed by atoms with Crippen LogP contribution in [0.4, 0.5) is 5.95 Å². The molecule has 0 saturated heterocycles. The van der Waals surface area contributed by atoms with Gasteiger partial charge in [-0.2, -0.15) is 4.98 Å². The van der Waals surface area contributed by atoms with E-state index in [1.807, 2.05) is 31.4 Å². The van der Waals surface area contributed by atoms with Gasteiger partial charge in [-0.05, 0) is 30.9 Å². The molecule has 1 atom stereocenters. The number of nitrogens with zero attached hydrogens (tertiary/aromatic N) is 3. The maximum atomic E-state index is 12.5. The molecule has 9 heteroatoms. The summed E-state index contributed by atoms with van der Waals surface area (Å²) >= 11 is 1.44. The molecular weight excluding hydrogens is 356 g/mol. The van der Waals surface area contributed by atoms with Crippen LogP contribution in [0.25, 0.3) is 0 Å². The van der Waals surface area contributed by atoms with Crippen molar-refractivity contribution in [2.24, 2.45) is 0 Å². The Balaban J connectivity index is 1.87. The topological polar surface area (TPSA) is 87.5 Å². The van der Waals surface area contributed by atoms with E-state index in [0.717, 1.165) is 5.56 Å². The number of rotatable bonds is 3. The number of thioether (sulfide) groups is 1. The van der Waals surface area contributed by atoms with Gasteiger partial charge >= 0.3 is 5.97 Å². The largest absolute Gasteiger partial charge is 0.486 e. The molecule has 2 aliphatic rings. The molecule has 0 spiro atoms. The first-order valence-electron chi connectivity index (χ1n) is 8.08. The first-order chi connectivity index (χ1) is 12.6. The molecule has 0 fully saturated rings. The van der Waals surface area contributed by atoms with Crippen LogP contribution in [0.15, 0.2) is 34.6 Å². The van der Waals surface area contributed by atoms with Crippen LogP contribution < -0.4 is 14.8 Å². The van der Waals surface area contributed by atoms with Gasteiger partial charge in [0, 0.05) is 5.70 Å². The van der Waals surface area contributed by atoms with E-state index in [1.54, 1.807) is 4.68 Å². The van der Waals surface area contributed by atoms with Crippen LogP contribution in [0.2, 0.25) is 0 Å². The summed E-state index contributed by atoms with van der Waals surface area (Å²) in [4.78, 5) is 17.0. The molecule has 4 rings (SSSR count). The highest BCUT2D eigenvalue weighted by Gasteiger charge is 2.35. The summed E-state index contributed by atoms with van der Waals surface area (Å²) in [6.45, 7) is 2.84. The normalized spacial score (nSPS) is 18.2. The third-order valence-electron chi connectivity index (χ3n) is 4.30. The molecular formula is C17H18N4O4S. The van der Waals surface area contributed by atoms with Crippen molar-refractivity contribution in [3.05, 3.63) is 35.0 Å². The highest BCUT2D eigenvalue weighted by atomic mass is 32.2. The van der Waals surface area contributed by atoms with Gasteiger partial charge in [-0.3, -0.25) is 0 Å². The number of fused-ring (bicyclic) bond motifs is 2. The predicted octanol–water partition coefficient (Wildman–Crippen LogP) is 2.23. The van der Waals surface area contributed by atoms with Crippen molar-refractivity contribution in [3.63, 3.8) is 0 Å². The van der Waals surface area contributed by atoms with Crippen LogP contribution in [-0.4, -0.2) is 47.3 Å². The quantitative estimate of drug-likeness (QED) is 0.646. The van der Waals surface area contributed by atoms with E-state index in [1.165, 1.54) is 18.9 Å². The molecule has 136 valence electrons. The molecule has 0 saturated carbocycles. The van der Waals surface area contributed by atoms with Crippen LogP contribution in [0, 0.1) is 0 Å². The average Bonchev–Trinajstić information content (AvgIpc) is 3.08. The van der Waals surface area contributed by atoms with Crippen LogP contribution >= 0.6 is 11.8 Å². The Labute approximate surface area is 154 Å². The molecule has 2 aliphatic heterocycles. The fourth-order valence-electron chi connectivity index (χ4n) is 3.13. The molecule has 3 heterocycles. The maximum Gasteiger partial charge on any atom is 0.338 e. The van der Waals surface area contributed by atoms with Crippen molar-refractivity contribution < 1.29 is 19.0 Å². The molecule has 0 bridgehead atoms. The Kier molecular flexibility index (Phi) is 4.23. The van der Waals surface area contributed by atoms with Crippen molar-refractivity contribution >= 4 is 23.7 Å². The van der Waals surface area contributed by atoms with Gasteiger partial charge in [0.25, 0.3) is 0 Å². The second-order valence-corrected chi connectivity index (χ2v) is 6.60. The van der Waals surface area contributed by atoms with E-state index in [9.17, 15) is 4.79 Å². The number of aromatic nitrogens is 3. The highest BCUT2D eigenvalue weighted by Crippen LogP contribution is 2.40. The lowest BCUT2D eigenvalue weighted by Crippen LogP contribution is -2.29. The number of allylic oxidation sites excluding steroid dienone is 1. The van der Waals surface area contributed by atoms with Crippen LogP contribution in [0.1, 0.15) is 18.5 Å². The summed E-state index contributed by atoms with van der Waals surface area (Å²) in [5.41, 5.74) is 2.01. The molecule has 26 heavy (non-hydrogen) atoms. The predicted molar refractivity (Wildman–Crippen MR) is 95.7 cm³/mol. The van der Waals surface area contributed by atoms with E-state index >= 15 is 0 Å². The Bertz CT molecular complexity index is 908. The van der Waals surface area contributed by atoms with Crippen LogP contribution in [-0.2, 0) is 9.53 Å². The number of carbonyl (C=O) groups excluding carboxylic acids is 1. The minimum Gasteiger partial charge on any atom is -0.486 e. The monoisotopic (exact) mass is 374 g/mol. The third-order valence-corrected chi connectivity index (χ3v) is 4.84. The van der Waals surface area contributed by atoms with Crippen molar-refractivity contribution in [1.29, 1.82) is 0 Å². The summed E-state index contributed by atoms with van der Waals surface area (Å²) in [5, 5.41) is 8.29. The zero-order valence-corrected chi connectivity index (χ0v) is 15.4. The second kappa shape index (κ2) is 6.56. The fraction of sp³-hybridized carbons (Fsp3) is 0.353. The Hall–Kier alpha value is -2.68. The maximum absolute atomic E-state index is 12.5. The summed E-state index contributed by atoms with van der Waals surface area (Å²) in [7, 11) is 1.37. The van der Waals surface area contributed by atoms with Crippen molar-refractivity contribution in [3.8, 4) is 11.5 Å². The molecule has 0 amide bonds. The van der Waals surface area contributed by atoms with Gasteiger partial charge < -0.3 is 19.5 Å². The number of carbonyl (C=O) groups is 1. The molecule has 1 unspecified atom stereocenters. The molecule has 1 aromatic heterocycles. The summed E-state index contributed by atoms with van der Waals surface area (Å²) in [6, 6.07) is 5.17. The lowest BCUT2D eigenvalue weighted by molar-refractivity contribution is -0.136. The molecule has 2 aromatic rings. The van der Waals surface area contributed by atoms with Crippen molar-refractivity contribution in [2.75, 3.05) is 31.9 Å². The smallest absolute Gasteiger partial charge is 0.338 e. The second-order valence-electron chi connectivity index (χ2n) is 5.83. The number of hydrogen-bond donors (Lipinski definition) is 1. The lowest BCUT2D eigenvalue weighted by atomic mass is 9.95. The SMILES string of the molecule is COC(=O)C1=C(C)Nc2nc(SC)nn2C1c1ccc2c(c1)OCCO2. The summed E-state index contributed by atoms with van der Waals surface area (Å²) < 4.78 is 18.0. The first-order valence-corrected chi connectivity index (χ1v) is 9.31. The number of esters is 1. The zero-order chi connectivity index (χ0) is 18.3.